The number of carbonyl (C=O) groups is 1. The molecule has 218 valence electrons. The van der Waals surface area contributed by atoms with Crippen LogP contribution in [0.15, 0.2) is 65.4 Å². The number of benzene rings is 2. The Kier molecular flexibility index (Phi) is 8.84. The molecule has 0 bridgehead atoms. The normalized spacial score (nSPS) is 16.9. The van der Waals surface area contributed by atoms with Crippen molar-refractivity contribution in [1.82, 2.24) is 4.98 Å². The predicted octanol–water partition coefficient (Wildman–Crippen LogP) is 8.89. The third-order valence-corrected chi connectivity index (χ3v) is 7.86. The standard InChI is InChI=1S/C28H22ClF6NO4S/c1-14-9-18(39-25-21(29)10-17(12-36-25)28(33,34)35)5-8-20(14)24-22(37)11-23(40-26(24)38)15(2)13-41-19-6-3-16(4-7-19)27(30,31)32/h3-10,12,15,23,37H,11,13H2,1-2H3. The molecule has 0 radical (unpaired) electrons. The lowest BCUT2D eigenvalue weighted by molar-refractivity contribution is -0.146. The fraction of sp³-hybridized carbons (Fsp3) is 0.286. The fourth-order valence-corrected chi connectivity index (χ4v) is 5.26. The third-order valence-electron chi connectivity index (χ3n) is 6.29. The number of aromatic nitrogens is 1. The van der Waals surface area contributed by atoms with Crippen LogP contribution < -0.4 is 4.74 Å². The summed E-state index contributed by atoms with van der Waals surface area (Å²) < 4.78 is 88.0. The monoisotopic (exact) mass is 617 g/mol. The number of thioether (sulfide) groups is 1. The summed E-state index contributed by atoms with van der Waals surface area (Å²) in [6.07, 6.45) is -9.04. The number of alkyl halides is 6. The van der Waals surface area contributed by atoms with Gasteiger partial charge in [0.15, 0.2) is 0 Å². The van der Waals surface area contributed by atoms with Crippen molar-refractivity contribution in [3.63, 3.8) is 0 Å². The maximum absolute atomic E-state index is 12.9. The first-order valence-corrected chi connectivity index (χ1v) is 13.4. The van der Waals surface area contributed by atoms with Crippen molar-refractivity contribution in [3.05, 3.63) is 87.8 Å². The quantitative estimate of drug-likeness (QED) is 0.162. The van der Waals surface area contributed by atoms with Gasteiger partial charge < -0.3 is 14.6 Å². The molecule has 0 amide bonds. The highest BCUT2D eigenvalue weighted by molar-refractivity contribution is 7.99. The SMILES string of the molecule is Cc1cc(Oc2ncc(C(F)(F)F)cc2Cl)ccc1C1=C(O)CC(C(C)CSc2ccc(C(F)(F)F)cc2)OC1=O. The Morgan fingerprint density at radius 2 is 1.73 bits per heavy atom. The molecule has 0 spiro atoms. The van der Waals surface area contributed by atoms with Crippen LogP contribution in [0.1, 0.15) is 35.6 Å². The Morgan fingerprint density at radius 3 is 2.29 bits per heavy atom. The van der Waals surface area contributed by atoms with Crippen molar-refractivity contribution in [3.8, 4) is 11.6 Å². The number of aliphatic hydroxyl groups excluding tert-OH is 1. The molecule has 1 aliphatic heterocycles. The van der Waals surface area contributed by atoms with Crippen LogP contribution in [0.25, 0.3) is 5.57 Å². The first-order chi connectivity index (χ1) is 19.1. The number of hydrogen-bond acceptors (Lipinski definition) is 6. The number of ether oxygens (including phenoxy) is 2. The number of carbonyl (C=O) groups excluding carboxylic acids is 1. The Labute approximate surface area is 240 Å². The number of aryl methyl sites for hydroxylation is 1. The molecule has 0 fully saturated rings. The van der Waals surface area contributed by atoms with Gasteiger partial charge in [-0.25, -0.2) is 9.78 Å². The second kappa shape index (κ2) is 11.8. The molecule has 1 aromatic heterocycles. The lowest BCUT2D eigenvalue weighted by Crippen LogP contribution is -2.32. The highest BCUT2D eigenvalue weighted by atomic mass is 35.5. The van der Waals surface area contributed by atoms with Gasteiger partial charge in [-0.1, -0.05) is 24.6 Å². The van der Waals surface area contributed by atoms with E-state index in [0.717, 1.165) is 12.1 Å². The number of pyridine rings is 1. The summed E-state index contributed by atoms with van der Waals surface area (Å²) in [6.45, 7) is 3.46. The lowest BCUT2D eigenvalue weighted by atomic mass is 9.92. The van der Waals surface area contributed by atoms with Crippen molar-refractivity contribution in [1.29, 1.82) is 0 Å². The molecule has 1 N–H and O–H groups in total. The maximum Gasteiger partial charge on any atom is 0.417 e. The molecule has 2 unspecified atom stereocenters. The van der Waals surface area contributed by atoms with Crippen LogP contribution >= 0.6 is 23.4 Å². The number of rotatable bonds is 7. The molecule has 0 saturated carbocycles. The predicted molar refractivity (Wildman–Crippen MR) is 141 cm³/mol. The van der Waals surface area contributed by atoms with Crippen LogP contribution in [0.3, 0.4) is 0 Å². The van der Waals surface area contributed by atoms with E-state index in [1.165, 1.54) is 42.1 Å². The molecule has 2 atom stereocenters. The summed E-state index contributed by atoms with van der Waals surface area (Å²) >= 11 is 7.21. The Hall–Kier alpha value is -3.38. The summed E-state index contributed by atoms with van der Waals surface area (Å²) in [7, 11) is 0. The number of nitrogens with zero attached hydrogens (tertiary/aromatic N) is 1. The van der Waals surface area contributed by atoms with E-state index in [1.807, 2.05) is 6.92 Å². The second-order valence-corrected chi connectivity index (χ2v) is 10.9. The van der Waals surface area contributed by atoms with Crippen molar-refractivity contribution in [2.24, 2.45) is 5.92 Å². The molecule has 1 aliphatic rings. The molecule has 0 aliphatic carbocycles. The van der Waals surface area contributed by atoms with Gasteiger partial charge in [0, 0.05) is 29.2 Å². The summed E-state index contributed by atoms with van der Waals surface area (Å²) in [5.74, 6) is -0.769. The van der Waals surface area contributed by atoms with E-state index in [-0.39, 0.29) is 40.3 Å². The van der Waals surface area contributed by atoms with Gasteiger partial charge in [-0.15, -0.1) is 11.8 Å². The molecular formula is C28H22ClF6NO4S. The minimum atomic E-state index is -4.61. The van der Waals surface area contributed by atoms with E-state index in [0.29, 0.717) is 34.0 Å². The van der Waals surface area contributed by atoms with E-state index in [1.54, 1.807) is 6.92 Å². The first kappa shape index (κ1) is 30.6. The van der Waals surface area contributed by atoms with Crippen LogP contribution in [-0.2, 0) is 21.9 Å². The summed E-state index contributed by atoms with van der Waals surface area (Å²) in [4.78, 5) is 17.2. The van der Waals surface area contributed by atoms with Gasteiger partial charge in [-0.2, -0.15) is 26.3 Å². The minimum absolute atomic E-state index is 0.0291. The summed E-state index contributed by atoms with van der Waals surface area (Å²) in [6, 6.07) is 9.91. The number of hydrogen-bond donors (Lipinski definition) is 1. The Bertz CT molecular complexity index is 1470. The zero-order chi connectivity index (χ0) is 30.1. The number of esters is 1. The first-order valence-electron chi connectivity index (χ1n) is 12.1. The molecule has 3 aromatic rings. The van der Waals surface area contributed by atoms with Crippen LogP contribution in [0.5, 0.6) is 11.6 Å². The summed E-state index contributed by atoms with van der Waals surface area (Å²) in [5.41, 5.74) is -0.914. The molecule has 41 heavy (non-hydrogen) atoms. The minimum Gasteiger partial charge on any atom is -0.511 e. The lowest BCUT2D eigenvalue weighted by Gasteiger charge is -2.29. The van der Waals surface area contributed by atoms with Gasteiger partial charge in [-0.05, 0) is 60.5 Å². The number of halogens is 7. The van der Waals surface area contributed by atoms with Gasteiger partial charge in [0.1, 0.15) is 28.2 Å². The molecular weight excluding hydrogens is 596 g/mol. The van der Waals surface area contributed by atoms with E-state index >= 15 is 0 Å². The van der Waals surface area contributed by atoms with Gasteiger partial charge in [0.05, 0.1) is 11.1 Å². The van der Waals surface area contributed by atoms with Crippen molar-refractivity contribution in [2.75, 3.05) is 5.75 Å². The van der Waals surface area contributed by atoms with E-state index in [4.69, 9.17) is 21.1 Å². The number of cyclic esters (lactones) is 1. The van der Waals surface area contributed by atoms with Gasteiger partial charge >= 0.3 is 18.3 Å². The molecule has 4 rings (SSSR count). The maximum atomic E-state index is 12.9. The van der Waals surface area contributed by atoms with Crippen molar-refractivity contribution in [2.45, 2.75) is 43.6 Å². The smallest absolute Gasteiger partial charge is 0.417 e. The number of aliphatic hydroxyl groups is 1. The zero-order valence-corrected chi connectivity index (χ0v) is 23.0. The van der Waals surface area contributed by atoms with Crippen molar-refractivity contribution < 1.29 is 45.7 Å². The fourth-order valence-electron chi connectivity index (χ4n) is 4.05. The van der Waals surface area contributed by atoms with E-state index in [9.17, 15) is 36.2 Å². The summed E-state index contributed by atoms with van der Waals surface area (Å²) in [5, 5.41) is 10.4. The van der Waals surface area contributed by atoms with Crippen LogP contribution in [0.2, 0.25) is 5.02 Å². The molecule has 2 aromatic carbocycles. The van der Waals surface area contributed by atoms with Crippen molar-refractivity contribution >= 4 is 34.9 Å². The van der Waals surface area contributed by atoms with Gasteiger partial charge in [0.2, 0.25) is 5.88 Å². The average molecular weight is 618 g/mol. The van der Waals surface area contributed by atoms with Crippen LogP contribution in [-0.4, -0.2) is 27.9 Å². The average Bonchev–Trinajstić information content (AvgIpc) is 2.88. The molecule has 5 nitrogen and oxygen atoms in total. The molecule has 13 heteroatoms. The van der Waals surface area contributed by atoms with Gasteiger partial charge in [-0.3, -0.25) is 0 Å². The largest absolute Gasteiger partial charge is 0.511 e. The van der Waals surface area contributed by atoms with Gasteiger partial charge in [0.25, 0.3) is 0 Å². The topological polar surface area (TPSA) is 68.7 Å². The molecule has 0 saturated heterocycles. The highest BCUT2D eigenvalue weighted by Crippen LogP contribution is 2.38. The Morgan fingerprint density at radius 1 is 1.07 bits per heavy atom. The third kappa shape index (κ3) is 7.28. The van der Waals surface area contributed by atoms with E-state index in [2.05, 4.69) is 4.98 Å². The highest BCUT2D eigenvalue weighted by Gasteiger charge is 2.35. The van der Waals surface area contributed by atoms with Crippen LogP contribution in [0, 0.1) is 12.8 Å². The zero-order valence-electron chi connectivity index (χ0n) is 21.4. The van der Waals surface area contributed by atoms with E-state index < -0.39 is 35.6 Å². The molecule has 2 heterocycles. The second-order valence-electron chi connectivity index (χ2n) is 9.37. The Balaban J connectivity index is 1.43. The van der Waals surface area contributed by atoms with Crippen LogP contribution in [0.4, 0.5) is 26.3 Å².